The molecular formula is C10H13NO2. The zero-order chi connectivity index (χ0) is 9.10. The molecule has 1 saturated carbocycles. The van der Waals surface area contributed by atoms with Crippen molar-refractivity contribution in [2.45, 2.75) is 25.8 Å². The van der Waals surface area contributed by atoms with Gasteiger partial charge in [-0.1, -0.05) is 6.42 Å². The van der Waals surface area contributed by atoms with E-state index in [1.54, 1.807) is 6.26 Å². The van der Waals surface area contributed by atoms with Crippen molar-refractivity contribution in [1.82, 2.24) is 5.32 Å². The third-order valence-corrected chi connectivity index (χ3v) is 2.49. The first-order valence-electron chi connectivity index (χ1n) is 4.66. The van der Waals surface area contributed by atoms with Crippen LogP contribution in [-0.4, -0.2) is 5.91 Å². The topological polar surface area (TPSA) is 42.2 Å². The maximum Gasteiger partial charge on any atom is 0.223 e. The van der Waals surface area contributed by atoms with Crippen LogP contribution in [0.2, 0.25) is 0 Å². The molecule has 1 amide bonds. The van der Waals surface area contributed by atoms with E-state index in [2.05, 4.69) is 5.32 Å². The summed E-state index contributed by atoms with van der Waals surface area (Å²) in [5.41, 5.74) is 0. The van der Waals surface area contributed by atoms with Crippen LogP contribution < -0.4 is 5.32 Å². The molecule has 2 rings (SSSR count). The minimum Gasteiger partial charge on any atom is -0.467 e. The SMILES string of the molecule is O=C(NCc1ccco1)C1CCC1. The minimum atomic E-state index is 0.169. The summed E-state index contributed by atoms with van der Waals surface area (Å²) in [6.07, 6.45) is 4.90. The molecule has 1 heterocycles. The van der Waals surface area contributed by atoms with E-state index in [0.29, 0.717) is 6.54 Å². The molecule has 70 valence electrons. The number of hydrogen-bond acceptors (Lipinski definition) is 2. The van der Waals surface area contributed by atoms with Crippen LogP contribution in [0.15, 0.2) is 22.8 Å². The van der Waals surface area contributed by atoms with E-state index in [1.165, 1.54) is 6.42 Å². The van der Waals surface area contributed by atoms with Gasteiger partial charge in [-0.25, -0.2) is 0 Å². The Morgan fingerprint density at radius 3 is 3.00 bits per heavy atom. The zero-order valence-corrected chi connectivity index (χ0v) is 7.45. The maximum absolute atomic E-state index is 11.4. The number of rotatable bonds is 3. The highest BCUT2D eigenvalue weighted by molar-refractivity contribution is 5.79. The second kappa shape index (κ2) is 3.64. The summed E-state index contributed by atoms with van der Waals surface area (Å²) in [4.78, 5) is 11.4. The normalized spacial score (nSPS) is 16.6. The molecule has 0 aliphatic heterocycles. The molecule has 0 bridgehead atoms. The van der Waals surface area contributed by atoms with Gasteiger partial charge in [0.05, 0.1) is 12.8 Å². The molecule has 3 heteroatoms. The molecule has 1 fully saturated rings. The van der Waals surface area contributed by atoms with Gasteiger partial charge in [0, 0.05) is 5.92 Å². The van der Waals surface area contributed by atoms with Crippen LogP contribution in [0, 0.1) is 5.92 Å². The largest absolute Gasteiger partial charge is 0.467 e. The fourth-order valence-corrected chi connectivity index (χ4v) is 1.40. The van der Waals surface area contributed by atoms with Gasteiger partial charge in [-0.2, -0.15) is 0 Å². The number of carbonyl (C=O) groups excluding carboxylic acids is 1. The molecule has 1 aromatic rings. The van der Waals surface area contributed by atoms with E-state index in [1.807, 2.05) is 12.1 Å². The zero-order valence-electron chi connectivity index (χ0n) is 7.45. The summed E-state index contributed by atoms with van der Waals surface area (Å²) < 4.78 is 5.10. The fraction of sp³-hybridized carbons (Fsp3) is 0.500. The van der Waals surface area contributed by atoms with Crippen LogP contribution in [0.25, 0.3) is 0 Å². The van der Waals surface area contributed by atoms with Crippen molar-refractivity contribution in [3.05, 3.63) is 24.2 Å². The number of carbonyl (C=O) groups is 1. The number of nitrogens with one attached hydrogen (secondary N) is 1. The Kier molecular flexibility index (Phi) is 2.34. The molecule has 3 nitrogen and oxygen atoms in total. The highest BCUT2D eigenvalue weighted by atomic mass is 16.3. The summed E-state index contributed by atoms with van der Waals surface area (Å²) in [6, 6.07) is 3.69. The lowest BCUT2D eigenvalue weighted by molar-refractivity contribution is -0.127. The van der Waals surface area contributed by atoms with Gasteiger partial charge >= 0.3 is 0 Å². The van der Waals surface area contributed by atoms with Gasteiger partial charge in [0.25, 0.3) is 0 Å². The summed E-state index contributed by atoms with van der Waals surface area (Å²) in [7, 11) is 0. The van der Waals surface area contributed by atoms with Crippen LogP contribution in [0.4, 0.5) is 0 Å². The average Bonchev–Trinajstić information content (AvgIpc) is 2.49. The first-order valence-corrected chi connectivity index (χ1v) is 4.66. The third kappa shape index (κ3) is 1.91. The molecular weight excluding hydrogens is 166 g/mol. The molecule has 0 aromatic carbocycles. The maximum atomic E-state index is 11.4. The number of hydrogen-bond donors (Lipinski definition) is 1. The van der Waals surface area contributed by atoms with E-state index in [9.17, 15) is 4.79 Å². The lowest BCUT2D eigenvalue weighted by atomic mass is 9.85. The Hall–Kier alpha value is -1.25. The minimum absolute atomic E-state index is 0.169. The lowest BCUT2D eigenvalue weighted by Crippen LogP contribution is -2.33. The quantitative estimate of drug-likeness (QED) is 0.767. The molecule has 1 N–H and O–H groups in total. The molecule has 1 aromatic heterocycles. The van der Waals surface area contributed by atoms with Gasteiger partial charge in [-0.05, 0) is 25.0 Å². The predicted molar refractivity (Wildman–Crippen MR) is 47.9 cm³/mol. The van der Waals surface area contributed by atoms with Crippen LogP contribution in [0.3, 0.4) is 0 Å². The van der Waals surface area contributed by atoms with Crippen LogP contribution in [0.5, 0.6) is 0 Å². The van der Waals surface area contributed by atoms with E-state index in [0.717, 1.165) is 18.6 Å². The Morgan fingerprint density at radius 1 is 1.62 bits per heavy atom. The first-order chi connectivity index (χ1) is 6.36. The van der Waals surface area contributed by atoms with Gasteiger partial charge in [0.2, 0.25) is 5.91 Å². The molecule has 0 unspecified atom stereocenters. The summed E-state index contributed by atoms with van der Waals surface area (Å²) in [5.74, 6) is 1.24. The molecule has 0 radical (unpaired) electrons. The lowest BCUT2D eigenvalue weighted by Gasteiger charge is -2.23. The van der Waals surface area contributed by atoms with E-state index >= 15 is 0 Å². The van der Waals surface area contributed by atoms with Crippen molar-refractivity contribution in [3.8, 4) is 0 Å². The van der Waals surface area contributed by atoms with Gasteiger partial charge in [-0.3, -0.25) is 4.79 Å². The van der Waals surface area contributed by atoms with Gasteiger partial charge in [0.15, 0.2) is 0 Å². The molecule has 13 heavy (non-hydrogen) atoms. The predicted octanol–water partition coefficient (Wildman–Crippen LogP) is 1.70. The van der Waals surface area contributed by atoms with Gasteiger partial charge < -0.3 is 9.73 Å². The monoisotopic (exact) mass is 179 g/mol. The summed E-state index contributed by atoms with van der Waals surface area (Å²) >= 11 is 0. The van der Waals surface area contributed by atoms with Crippen molar-refractivity contribution in [2.24, 2.45) is 5.92 Å². The smallest absolute Gasteiger partial charge is 0.223 e. The molecule has 0 atom stereocenters. The molecule has 0 saturated heterocycles. The van der Waals surface area contributed by atoms with Crippen LogP contribution >= 0.6 is 0 Å². The number of furan rings is 1. The summed E-state index contributed by atoms with van der Waals surface area (Å²) in [5, 5.41) is 2.85. The third-order valence-electron chi connectivity index (χ3n) is 2.49. The molecule has 1 aliphatic rings. The molecule has 0 spiro atoms. The van der Waals surface area contributed by atoms with Gasteiger partial charge in [-0.15, -0.1) is 0 Å². The van der Waals surface area contributed by atoms with Crippen LogP contribution in [-0.2, 0) is 11.3 Å². The van der Waals surface area contributed by atoms with Crippen molar-refractivity contribution >= 4 is 5.91 Å². The fourth-order valence-electron chi connectivity index (χ4n) is 1.40. The second-order valence-corrected chi connectivity index (χ2v) is 3.42. The average molecular weight is 179 g/mol. The van der Waals surface area contributed by atoms with E-state index in [-0.39, 0.29) is 11.8 Å². The Labute approximate surface area is 77.1 Å². The highest BCUT2D eigenvalue weighted by Crippen LogP contribution is 2.26. The van der Waals surface area contributed by atoms with Gasteiger partial charge in [0.1, 0.15) is 5.76 Å². The first kappa shape index (κ1) is 8.35. The second-order valence-electron chi connectivity index (χ2n) is 3.42. The highest BCUT2D eigenvalue weighted by Gasteiger charge is 2.24. The van der Waals surface area contributed by atoms with Crippen molar-refractivity contribution in [3.63, 3.8) is 0 Å². The standard InChI is InChI=1S/C10H13NO2/c12-10(8-3-1-4-8)11-7-9-5-2-6-13-9/h2,5-6,8H,1,3-4,7H2,(H,11,12). The van der Waals surface area contributed by atoms with Crippen molar-refractivity contribution in [1.29, 1.82) is 0 Å². The number of amides is 1. The Bertz CT molecular complexity index is 275. The van der Waals surface area contributed by atoms with Crippen molar-refractivity contribution in [2.75, 3.05) is 0 Å². The molecule has 1 aliphatic carbocycles. The Balaban J connectivity index is 1.76. The van der Waals surface area contributed by atoms with E-state index in [4.69, 9.17) is 4.42 Å². The van der Waals surface area contributed by atoms with E-state index < -0.39 is 0 Å². The Morgan fingerprint density at radius 2 is 2.46 bits per heavy atom. The summed E-state index contributed by atoms with van der Waals surface area (Å²) in [6.45, 7) is 0.516. The van der Waals surface area contributed by atoms with Crippen LogP contribution in [0.1, 0.15) is 25.0 Å². The van der Waals surface area contributed by atoms with Crippen molar-refractivity contribution < 1.29 is 9.21 Å².